The van der Waals surface area contributed by atoms with E-state index < -0.39 is 58.5 Å². The van der Waals surface area contributed by atoms with Gasteiger partial charge in [0.05, 0.1) is 0 Å². The number of aliphatic hydroxyl groups is 1. The van der Waals surface area contributed by atoms with E-state index >= 15 is 0 Å². The molecule has 0 aromatic carbocycles. The molecule has 0 saturated carbocycles. The maximum absolute atomic E-state index is 14.8. The number of hydrogen-bond acceptors (Lipinski definition) is 11. The van der Waals surface area contributed by atoms with Crippen LogP contribution in [-0.4, -0.2) is 54.0 Å². The van der Waals surface area contributed by atoms with E-state index in [-0.39, 0.29) is 0 Å². The maximum Gasteiger partial charge on any atom is 0.490 e. The highest BCUT2D eigenvalue weighted by atomic mass is 35.5. The Hall–Kier alpha value is -0.770. The minimum atomic E-state index is -5.78. The Bertz CT molecular complexity index is 1050. The molecule has 0 spiro atoms. The van der Waals surface area contributed by atoms with Crippen LogP contribution in [0.5, 0.6) is 0 Å². The Balaban J connectivity index is 2.29. The smallest absolute Gasteiger partial charge is 0.383 e. The molecule has 2 heterocycles. The van der Waals surface area contributed by atoms with Crippen LogP contribution in [0.25, 0.3) is 0 Å². The molecule has 30 heavy (non-hydrogen) atoms. The Morgan fingerprint density at radius 2 is 1.87 bits per heavy atom. The number of phosphoric ester groups is 1. The molecule has 1 aliphatic rings. The second-order valence-corrected chi connectivity index (χ2v) is 10.6. The van der Waals surface area contributed by atoms with Crippen LogP contribution in [0.3, 0.4) is 0 Å². The Kier molecular flexibility index (Phi) is 7.34. The number of phosphoric acid groups is 3. The summed E-state index contributed by atoms with van der Waals surface area (Å²) in [7, 11) is -16.1. The lowest BCUT2D eigenvalue weighted by molar-refractivity contribution is -0.136. The first-order chi connectivity index (χ1) is 13.5. The average Bonchev–Trinajstić information content (AvgIpc) is 2.75. The zero-order valence-corrected chi connectivity index (χ0v) is 17.7. The van der Waals surface area contributed by atoms with Gasteiger partial charge in [-0.05, 0) is 0 Å². The van der Waals surface area contributed by atoms with Crippen molar-refractivity contribution in [2.24, 2.45) is 0 Å². The molecule has 1 saturated heterocycles. The van der Waals surface area contributed by atoms with Crippen LogP contribution < -0.4 is 11.2 Å². The Morgan fingerprint density at radius 3 is 2.37 bits per heavy atom. The van der Waals surface area contributed by atoms with Gasteiger partial charge in [-0.3, -0.25) is 23.4 Å². The molecule has 0 amide bonds. The molecular weight excluding hydrogens is 507 g/mol. The molecule has 5 N–H and O–H groups in total. The van der Waals surface area contributed by atoms with E-state index in [9.17, 15) is 37.7 Å². The van der Waals surface area contributed by atoms with Crippen molar-refractivity contribution in [3.8, 4) is 0 Å². The highest BCUT2D eigenvalue weighted by molar-refractivity contribution is 7.66. The number of alkyl halides is 2. The SMILES string of the molecule is COP(=O)(O[C@H]1O[C@@H](n2ccc(=O)[nH]c2=O)[C@@](F)(Cl)[C@@H]1O)OP(=O)(O)OP(=O)(O)O. The monoisotopic (exact) mass is 520 g/mol. The number of ether oxygens (including phenoxy) is 1. The summed E-state index contributed by atoms with van der Waals surface area (Å²) >= 11 is 5.54. The molecule has 0 bridgehead atoms. The van der Waals surface area contributed by atoms with Crippen molar-refractivity contribution >= 4 is 35.1 Å². The zero-order valence-electron chi connectivity index (χ0n) is 14.3. The van der Waals surface area contributed by atoms with Crippen LogP contribution in [0.4, 0.5) is 4.39 Å². The first-order valence-electron chi connectivity index (χ1n) is 7.18. The number of H-pyrrole nitrogens is 1. The summed E-state index contributed by atoms with van der Waals surface area (Å²) in [4.78, 5) is 51.0. The van der Waals surface area contributed by atoms with Gasteiger partial charge in [-0.25, -0.2) is 22.9 Å². The van der Waals surface area contributed by atoms with Crippen molar-refractivity contribution < 1.29 is 60.3 Å². The second kappa shape index (κ2) is 8.64. The first kappa shape index (κ1) is 25.5. The summed E-state index contributed by atoms with van der Waals surface area (Å²) in [5.41, 5.74) is -2.08. The highest BCUT2D eigenvalue weighted by Crippen LogP contribution is 2.69. The molecule has 0 radical (unpaired) electrons. The van der Waals surface area contributed by atoms with E-state index in [1.807, 2.05) is 0 Å². The quantitative estimate of drug-likeness (QED) is 0.218. The van der Waals surface area contributed by atoms with Gasteiger partial charge in [-0.15, -0.1) is 0 Å². The van der Waals surface area contributed by atoms with Gasteiger partial charge in [0.2, 0.25) is 6.29 Å². The summed E-state index contributed by atoms with van der Waals surface area (Å²) in [6.45, 7) is 0. The molecule has 2 rings (SSSR count). The van der Waals surface area contributed by atoms with E-state index in [0.29, 0.717) is 11.7 Å². The van der Waals surface area contributed by atoms with Gasteiger partial charge in [-0.1, -0.05) is 11.6 Å². The van der Waals surface area contributed by atoms with Crippen molar-refractivity contribution in [2.45, 2.75) is 23.7 Å². The molecule has 1 fully saturated rings. The summed E-state index contributed by atoms with van der Waals surface area (Å²) in [6.07, 6.45) is -6.34. The number of aliphatic hydroxyl groups excluding tert-OH is 1. The molecule has 21 heteroatoms. The van der Waals surface area contributed by atoms with Gasteiger partial charge in [0, 0.05) is 19.4 Å². The lowest BCUT2D eigenvalue weighted by Gasteiger charge is -2.23. The van der Waals surface area contributed by atoms with Gasteiger partial charge < -0.3 is 24.5 Å². The lowest BCUT2D eigenvalue weighted by Crippen LogP contribution is -2.41. The fraction of sp³-hybridized carbons (Fsp3) is 0.556. The maximum atomic E-state index is 14.8. The molecule has 6 atom stereocenters. The van der Waals surface area contributed by atoms with Crippen LogP contribution in [0, 0.1) is 0 Å². The van der Waals surface area contributed by atoms with Crippen molar-refractivity contribution in [1.82, 2.24) is 9.55 Å². The number of nitrogens with one attached hydrogen (secondary N) is 1. The molecule has 2 unspecified atom stereocenters. The van der Waals surface area contributed by atoms with E-state index in [2.05, 4.69) is 17.7 Å². The summed E-state index contributed by atoms with van der Waals surface area (Å²) < 4.78 is 70.7. The summed E-state index contributed by atoms with van der Waals surface area (Å²) in [6, 6.07) is 0.781. The number of aromatic nitrogens is 2. The van der Waals surface area contributed by atoms with Crippen molar-refractivity contribution in [2.75, 3.05) is 7.11 Å². The van der Waals surface area contributed by atoms with E-state index in [0.717, 1.165) is 12.3 Å². The van der Waals surface area contributed by atoms with E-state index in [4.69, 9.17) is 26.1 Å². The Morgan fingerprint density at radius 1 is 1.27 bits per heavy atom. The van der Waals surface area contributed by atoms with Gasteiger partial charge >= 0.3 is 29.2 Å². The predicted molar refractivity (Wildman–Crippen MR) is 90.7 cm³/mol. The Labute approximate surface area is 169 Å². The summed E-state index contributed by atoms with van der Waals surface area (Å²) in [5.74, 6) is 0. The fourth-order valence-electron chi connectivity index (χ4n) is 2.06. The third-order valence-corrected chi connectivity index (χ3v) is 7.84. The first-order valence-corrected chi connectivity index (χ1v) is 12.0. The predicted octanol–water partition coefficient (Wildman–Crippen LogP) is -0.346. The number of halogens is 2. The van der Waals surface area contributed by atoms with Gasteiger partial charge in [0.25, 0.3) is 10.7 Å². The molecule has 1 aromatic heterocycles. The van der Waals surface area contributed by atoms with Crippen LogP contribution in [0.15, 0.2) is 21.9 Å². The number of nitrogens with zero attached hydrogens (tertiary/aromatic N) is 1. The van der Waals surface area contributed by atoms with E-state index in [1.165, 1.54) is 0 Å². The van der Waals surface area contributed by atoms with Gasteiger partial charge in [0.15, 0.2) is 12.3 Å². The van der Waals surface area contributed by atoms with Crippen molar-refractivity contribution in [3.05, 3.63) is 33.1 Å². The molecule has 172 valence electrons. The molecule has 1 aromatic rings. The molecule has 1 aliphatic heterocycles. The van der Waals surface area contributed by atoms with Crippen LogP contribution in [0.2, 0.25) is 0 Å². The number of aromatic amines is 1. The van der Waals surface area contributed by atoms with Crippen molar-refractivity contribution in [1.29, 1.82) is 0 Å². The lowest BCUT2D eigenvalue weighted by atomic mass is 10.2. The second-order valence-electron chi connectivity index (χ2n) is 5.35. The van der Waals surface area contributed by atoms with Crippen LogP contribution in [0.1, 0.15) is 6.23 Å². The zero-order chi connectivity index (χ0) is 23.1. The largest absolute Gasteiger partial charge is 0.490 e. The minimum absolute atomic E-state index is 0.396. The normalized spacial score (nSPS) is 31.2. The third-order valence-electron chi connectivity index (χ3n) is 3.22. The standard InChI is InChI=1S/C9H13ClFN2O14P3/c1-23-30(22,27-29(20,21)26-28(17,18)19)25-6-5(15)9(10,11)7(24-6)13-3-2-4(14)12-8(13)16/h2-3,5-7,15H,1H3,(H,20,21)(H,12,14,16)(H2,17,18,19)/t5-,6-,7-,9-,30?/m1/s1. The van der Waals surface area contributed by atoms with Crippen LogP contribution in [-0.2, 0) is 36.1 Å². The minimum Gasteiger partial charge on any atom is -0.383 e. The van der Waals surface area contributed by atoms with Crippen LogP contribution >= 0.6 is 35.1 Å². The average molecular weight is 521 g/mol. The summed E-state index contributed by atoms with van der Waals surface area (Å²) in [5, 5.41) is 6.64. The number of rotatable bonds is 8. The topological polar surface area (TPSA) is 233 Å². The third kappa shape index (κ3) is 5.93. The fourth-order valence-corrected chi connectivity index (χ4v) is 5.72. The molecular formula is C9H13ClFN2O14P3. The van der Waals surface area contributed by atoms with Crippen molar-refractivity contribution in [3.63, 3.8) is 0 Å². The molecule has 16 nitrogen and oxygen atoms in total. The highest BCUT2D eigenvalue weighted by Gasteiger charge is 2.60. The van der Waals surface area contributed by atoms with E-state index in [1.54, 1.807) is 4.98 Å². The van der Waals surface area contributed by atoms with Gasteiger partial charge in [0.1, 0.15) is 0 Å². The molecule has 0 aliphatic carbocycles. The van der Waals surface area contributed by atoms with Gasteiger partial charge in [-0.2, -0.15) is 8.62 Å². The number of hydrogen-bond donors (Lipinski definition) is 5.